The molecule has 6 heteroatoms. The zero-order valence-electron chi connectivity index (χ0n) is 12.9. The molecule has 0 atom stereocenters. The van der Waals surface area contributed by atoms with E-state index in [2.05, 4.69) is 20.0 Å². The van der Waals surface area contributed by atoms with Gasteiger partial charge in [-0.1, -0.05) is 6.07 Å². The number of ether oxygens (including phenoxy) is 1. The van der Waals surface area contributed by atoms with Gasteiger partial charge >= 0.3 is 0 Å². The van der Waals surface area contributed by atoms with E-state index in [1.54, 1.807) is 6.20 Å². The Morgan fingerprint density at radius 1 is 1.04 bits per heavy atom. The highest BCUT2D eigenvalue weighted by Crippen LogP contribution is 2.25. The quantitative estimate of drug-likeness (QED) is 0.741. The van der Waals surface area contributed by atoms with E-state index in [4.69, 9.17) is 4.74 Å². The van der Waals surface area contributed by atoms with Crippen molar-refractivity contribution in [1.29, 1.82) is 0 Å². The Bertz CT molecular complexity index is 765. The number of hydrogen-bond acceptors (Lipinski definition) is 5. The topological polar surface area (TPSA) is 55.5 Å². The maximum Gasteiger partial charge on any atom is 0.213 e. The molecule has 1 fully saturated rings. The van der Waals surface area contributed by atoms with Crippen molar-refractivity contribution < 1.29 is 4.74 Å². The molecular formula is C17H19N5O. The molecule has 6 nitrogen and oxygen atoms in total. The molecule has 1 saturated heterocycles. The second-order valence-electron chi connectivity index (χ2n) is 5.82. The van der Waals surface area contributed by atoms with Crippen LogP contribution in [0.3, 0.4) is 0 Å². The third-order valence-electron chi connectivity index (χ3n) is 4.32. The minimum Gasteiger partial charge on any atom is -0.477 e. The Hall–Kier alpha value is -2.63. The number of fused-ring (bicyclic) bond motifs is 1. The first-order valence-electron chi connectivity index (χ1n) is 7.97. The normalized spacial score (nSPS) is 15.9. The predicted molar refractivity (Wildman–Crippen MR) is 87.7 cm³/mol. The third-order valence-corrected chi connectivity index (χ3v) is 4.32. The first-order valence-corrected chi connectivity index (χ1v) is 7.97. The summed E-state index contributed by atoms with van der Waals surface area (Å²) in [5.41, 5.74) is 1.07. The summed E-state index contributed by atoms with van der Waals surface area (Å²) in [4.78, 5) is 11.1. The molecule has 4 rings (SSSR count). The van der Waals surface area contributed by atoms with E-state index in [-0.39, 0.29) is 0 Å². The van der Waals surface area contributed by atoms with Gasteiger partial charge in [0.15, 0.2) is 5.82 Å². The number of rotatable bonds is 4. The smallest absolute Gasteiger partial charge is 0.213 e. The van der Waals surface area contributed by atoms with Gasteiger partial charge in [-0.05, 0) is 30.9 Å². The lowest BCUT2D eigenvalue weighted by molar-refractivity contribution is 0.216. The number of piperidine rings is 1. The third kappa shape index (κ3) is 2.97. The van der Waals surface area contributed by atoms with Crippen LogP contribution in [0.2, 0.25) is 0 Å². The van der Waals surface area contributed by atoms with Crippen LogP contribution in [-0.2, 0) is 0 Å². The van der Waals surface area contributed by atoms with E-state index in [0.717, 1.165) is 43.9 Å². The molecule has 0 saturated carbocycles. The Kier molecular flexibility index (Phi) is 3.80. The van der Waals surface area contributed by atoms with E-state index in [1.165, 1.54) is 0 Å². The van der Waals surface area contributed by atoms with Crippen molar-refractivity contribution in [3.63, 3.8) is 0 Å². The second kappa shape index (κ2) is 6.24. The molecule has 0 amide bonds. The van der Waals surface area contributed by atoms with Crippen molar-refractivity contribution in [2.75, 3.05) is 24.6 Å². The number of aromatic nitrogens is 4. The zero-order valence-corrected chi connectivity index (χ0v) is 12.9. The van der Waals surface area contributed by atoms with E-state index in [0.29, 0.717) is 11.8 Å². The first-order chi connectivity index (χ1) is 11.4. The molecular weight excluding hydrogens is 290 g/mol. The van der Waals surface area contributed by atoms with Crippen molar-refractivity contribution in [2.45, 2.75) is 12.8 Å². The number of pyridine rings is 1. The average molecular weight is 309 g/mol. The lowest BCUT2D eigenvalue weighted by Crippen LogP contribution is -2.36. The lowest BCUT2D eigenvalue weighted by Gasteiger charge is -2.32. The van der Waals surface area contributed by atoms with Crippen LogP contribution in [0.4, 0.5) is 5.82 Å². The van der Waals surface area contributed by atoms with E-state index in [9.17, 15) is 0 Å². The maximum absolute atomic E-state index is 5.78. The molecule has 3 aromatic rings. The Balaban J connectivity index is 1.37. The molecule has 1 aliphatic heterocycles. The van der Waals surface area contributed by atoms with Crippen LogP contribution in [0.1, 0.15) is 12.8 Å². The molecule has 3 aromatic heterocycles. The van der Waals surface area contributed by atoms with Gasteiger partial charge < -0.3 is 9.64 Å². The predicted octanol–water partition coefficient (Wildman–Crippen LogP) is 2.42. The van der Waals surface area contributed by atoms with Gasteiger partial charge in [0.05, 0.1) is 12.8 Å². The highest BCUT2D eigenvalue weighted by Gasteiger charge is 2.22. The minimum absolute atomic E-state index is 0.567. The fraction of sp³-hybridized carbons (Fsp3) is 0.353. The van der Waals surface area contributed by atoms with Crippen molar-refractivity contribution in [1.82, 2.24) is 19.6 Å². The van der Waals surface area contributed by atoms with E-state index >= 15 is 0 Å². The summed E-state index contributed by atoms with van der Waals surface area (Å²) in [5.74, 6) is 2.30. The van der Waals surface area contributed by atoms with Crippen LogP contribution in [0.5, 0.6) is 5.88 Å². The molecule has 0 spiro atoms. The molecule has 0 aliphatic carbocycles. The van der Waals surface area contributed by atoms with Crippen LogP contribution in [0, 0.1) is 5.92 Å². The van der Waals surface area contributed by atoms with Crippen molar-refractivity contribution >= 4 is 11.3 Å². The molecule has 0 bridgehead atoms. The van der Waals surface area contributed by atoms with Gasteiger partial charge in [0, 0.05) is 37.7 Å². The molecule has 1 aliphatic rings. The summed E-state index contributed by atoms with van der Waals surface area (Å²) in [5, 5.41) is 4.28. The largest absolute Gasteiger partial charge is 0.477 e. The molecule has 23 heavy (non-hydrogen) atoms. The van der Waals surface area contributed by atoms with Gasteiger partial charge in [0.25, 0.3) is 0 Å². The monoisotopic (exact) mass is 309 g/mol. The second-order valence-corrected chi connectivity index (χ2v) is 5.82. The fourth-order valence-electron chi connectivity index (χ4n) is 3.03. The molecule has 0 unspecified atom stereocenters. The summed E-state index contributed by atoms with van der Waals surface area (Å²) in [6.45, 7) is 2.72. The highest BCUT2D eigenvalue weighted by atomic mass is 16.5. The number of anilines is 1. The Morgan fingerprint density at radius 3 is 2.78 bits per heavy atom. The Labute approximate surface area is 134 Å². The highest BCUT2D eigenvalue weighted by molar-refractivity contribution is 5.68. The van der Waals surface area contributed by atoms with E-state index in [1.807, 2.05) is 47.4 Å². The van der Waals surface area contributed by atoms with Crippen molar-refractivity contribution in [2.24, 2.45) is 5.92 Å². The van der Waals surface area contributed by atoms with Gasteiger partial charge in [0.1, 0.15) is 5.52 Å². The van der Waals surface area contributed by atoms with Crippen LogP contribution in [0.15, 0.2) is 49.1 Å². The fourth-order valence-corrected chi connectivity index (χ4v) is 3.03. The van der Waals surface area contributed by atoms with Crippen LogP contribution < -0.4 is 9.64 Å². The summed E-state index contributed by atoms with van der Waals surface area (Å²) in [6.07, 6.45) is 9.47. The van der Waals surface area contributed by atoms with Crippen LogP contribution in [-0.4, -0.2) is 39.3 Å². The molecule has 0 aromatic carbocycles. The molecule has 118 valence electrons. The van der Waals surface area contributed by atoms with Gasteiger partial charge in [-0.25, -0.2) is 14.5 Å². The van der Waals surface area contributed by atoms with Crippen LogP contribution in [0.25, 0.3) is 5.52 Å². The van der Waals surface area contributed by atoms with Gasteiger partial charge in [-0.2, -0.15) is 5.10 Å². The summed E-state index contributed by atoms with van der Waals surface area (Å²) in [6, 6.07) is 7.76. The minimum atomic E-state index is 0.567. The number of hydrogen-bond donors (Lipinski definition) is 0. The molecule has 4 heterocycles. The standard InChI is InChI=1S/C17H19N5O/c1-2-7-18-16(3-1)23-13-14-5-10-21(11-6-14)17-15-4-8-20-22(15)12-9-19-17/h1-4,7-9,12,14H,5-6,10-11,13H2. The first kappa shape index (κ1) is 14.0. The molecule has 0 radical (unpaired) electrons. The van der Waals surface area contributed by atoms with Crippen molar-refractivity contribution in [3.8, 4) is 5.88 Å². The average Bonchev–Trinajstić information content (AvgIpc) is 3.10. The SMILES string of the molecule is c1ccc(OCC2CCN(c3nccn4nccc34)CC2)nc1. The zero-order chi connectivity index (χ0) is 15.5. The van der Waals surface area contributed by atoms with Gasteiger partial charge in [-0.3, -0.25) is 0 Å². The summed E-state index contributed by atoms with van der Waals surface area (Å²) >= 11 is 0. The summed E-state index contributed by atoms with van der Waals surface area (Å²) < 4.78 is 7.66. The number of nitrogens with zero attached hydrogens (tertiary/aromatic N) is 5. The van der Waals surface area contributed by atoms with E-state index < -0.39 is 0 Å². The maximum atomic E-state index is 5.78. The summed E-state index contributed by atoms with van der Waals surface area (Å²) in [7, 11) is 0. The van der Waals surface area contributed by atoms with Crippen LogP contribution >= 0.6 is 0 Å². The van der Waals surface area contributed by atoms with Crippen molar-refractivity contribution in [3.05, 3.63) is 49.1 Å². The molecule has 0 N–H and O–H groups in total. The Morgan fingerprint density at radius 2 is 1.96 bits per heavy atom. The van der Waals surface area contributed by atoms with Gasteiger partial charge in [-0.15, -0.1) is 0 Å². The van der Waals surface area contributed by atoms with Gasteiger partial charge in [0.2, 0.25) is 5.88 Å². The lowest BCUT2D eigenvalue weighted by atomic mass is 9.98.